The number of carbonyl (C=O) groups excluding carboxylic acids is 3. The Kier molecular flexibility index (Phi) is 11.0. The third kappa shape index (κ3) is 8.08. The number of halogens is 3. The molecule has 1 aromatic heterocycles. The number of fused-ring (bicyclic) bond motifs is 1. The third-order valence-electron chi connectivity index (χ3n) is 7.89. The van der Waals surface area contributed by atoms with E-state index >= 15 is 8.78 Å². The fraction of sp³-hybridized carbons (Fsp3) is 0.412. The van der Waals surface area contributed by atoms with Gasteiger partial charge in [0.2, 0.25) is 5.91 Å². The van der Waals surface area contributed by atoms with E-state index in [9.17, 15) is 18.8 Å². The maximum absolute atomic E-state index is 15.4. The van der Waals surface area contributed by atoms with Crippen LogP contribution in [0.1, 0.15) is 77.6 Å². The first-order chi connectivity index (χ1) is 21.4. The highest BCUT2D eigenvalue weighted by molar-refractivity contribution is 5.96. The van der Waals surface area contributed by atoms with Crippen LogP contribution < -0.4 is 10.6 Å². The molecule has 0 bridgehead atoms. The number of nitrogens with zero attached hydrogens (tertiary/aromatic N) is 2. The number of rotatable bonds is 11. The van der Waals surface area contributed by atoms with E-state index < -0.39 is 53.7 Å². The SMILES string of the molecule is CCC[C@H](NC(=O)c1ccc2c(n1)CN(C)CC2)C(=O)N[C@@H](CC(=O)OCC)c1cc(-c2c(C)cc(F)cc2C)cc(F)c1F. The van der Waals surface area contributed by atoms with Crippen LogP contribution in [0.5, 0.6) is 0 Å². The van der Waals surface area contributed by atoms with Gasteiger partial charge in [-0.2, -0.15) is 0 Å². The molecular weight excluding hydrogens is 585 g/mol. The van der Waals surface area contributed by atoms with E-state index in [0.717, 1.165) is 30.3 Å². The van der Waals surface area contributed by atoms with Crippen LogP contribution in [0.3, 0.4) is 0 Å². The van der Waals surface area contributed by atoms with Crippen molar-refractivity contribution in [3.63, 3.8) is 0 Å². The van der Waals surface area contributed by atoms with Gasteiger partial charge in [0.15, 0.2) is 11.6 Å². The molecule has 8 nitrogen and oxygen atoms in total. The minimum Gasteiger partial charge on any atom is -0.466 e. The standard InChI is InChI=1S/C34H39F3N4O4/c1-6-8-26(39-34(44)27-10-9-21-11-12-41(5)18-29(21)38-27)33(43)40-28(17-30(42)45-7-2)24-15-22(16-25(36)32(24)37)31-19(3)13-23(35)14-20(31)4/h9-10,13-16,26,28H,6-8,11-12,17-18H2,1-5H3,(H,39,44)(H,40,43)/t26-,28-/m0/s1. The lowest BCUT2D eigenvalue weighted by molar-refractivity contribution is -0.143. The molecule has 2 atom stereocenters. The molecule has 0 fully saturated rings. The number of esters is 1. The second-order valence-corrected chi connectivity index (χ2v) is 11.5. The minimum atomic E-state index is -1.33. The largest absolute Gasteiger partial charge is 0.466 e. The predicted octanol–water partition coefficient (Wildman–Crippen LogP) is 5.48. The molecule has 45 heavy (non-hydrogen) atoms. The van der Waals surface area contributed by atoms with Crippen molar-refractivity contribution in [3.05, 3.63) is 87.5 Å². The topological polar surface area (TPSA) is 101 Å². The van der Waals surface area contributed by atoms with Gasteiger partial charge < -0.3 is 20.3 Å². The molecule has 0 saturated carbocycles. The zero-order valence-corrected chi connectivity index (χ0v) is 26.2. The van der Waals surface area contributed by atoms with E-state index in [0.29, 0.717) is 29.7 Å². The van der Waals surface area contributed by atoms with Crippen molar-refractivity contribution >= 4 is 17.8 Å². The van der Waals surface area contributed by atoms with Gasteiger partial charge in [-0.15, -0.1) is 0 Å². The van der Waals surface area contributed by atoms with Gasteiger partial charge >= 0.3 is 5.97 Å². The van der Waals surface area contributed by atoms with E-state index in [-0.39, 0.29) is 29.8 Å². The molecule has 0 radical (unpaired) electrons. The van der Waals surface area contributed by atoms with Crippen molar-refractivity contribution in [2.75, 3.05) is 20.2 Å². The summed E-state index contributed by atoms with van der Waals surface area (Å²) in [6, 6.07) is 6.02. The molecule has 0 aliphatic carbocycles. The van der Waals surface area contributed by atoms with Crippen molar-refractivity contribution < 1.29 is 32.3 Å². The lowest BCUT2D eigenvalue weighted by Gasteiger charge is -2.25. The Morgan fingerprint density at radius 2 is 1.73 bits per heavy atom. The summed E-state index contributed by atoms with van der Waals surface area (Å²) in [6.07, 6.45) is 1.09. The van der Waals surface area contributed by atoms with E-state index in [1.165, 1.54) is 18.2 Å². The van der Waals surface area contributed by atoms with Gasteiger partial charge in [-0.05, 0) is 98.8 Å². The third-order valence-corrected chi connectivity index (χ3v) is 7.89. The second kappa shape index (κ2) is 14.7. The molecule has 2 N–H and O–H groups in total. The van der Waals surface area contributed by atoms with Crippen LogP contribution in [-0.4, -0.2) is 53.9 Å². The summed E-state index contributed by atoms with van der Waals surface area (Å²) in [5.41, 5.74) is 3.50. The zero-order valence-electron chi connectivity index (χ0n) is 26.2. The number of hydrogen-bond donors (Lipinski definition) is 2. The molecule has 0 saturated heterocycles. The number of likely N-dealkylation sites (N-methyl/N-ethyl adjacent to an activating group) is 1. The van der Waals surface area contributed by atoms with Gasteiger partial charge in [0.05, 0.1) is 24.8 Å². The number of amides is 2. The van der Waals surface area contributed by atoms with Crippen molar-refractivity contribution in [1.82, 2.24) is 20.5 Å². The molecule has 240 valence electrons. The first-order valence-corrected chi connectivity index (χ1v) is 15.1. The summed E-state index contributed by atoms with van der Waals surface area (Å²) in [4.78, 5) is 46.1. The van der Waals surface area contributed by atoms with Crippen LogP contribution in [-0.2, 0) is 27.3 Å². The Balaban J connectivity index is 1.65. The summed E-state index contributed by atoms with van der Waals surface area (Å²) < 4.78 is 49.6. The van der Waals surface area contributed by atoms with Gasteiger partial charge in [-0.25, -0.2) is 18.2 Å². The molecule has 2 aromatic carbocycles. The van der Waals surface area contributed by atoms with Crippen LogP contribution in [0.25, 0.3) is 11.1 Å². The van der Waals surface area contributed by atoms with Gasteiger partial charge in [0, 0.05) is 18.7 Å². The lowest BCUT2D eigenvalue weighted by Crippen LogP contribution is -2.48. The second-order valence-electron chi connectivity index (χ2n) is 11.5. The Morgan fingerprint density at radius 1 is 1.02 bits per heavy atom. The van der Waals surface area contributed by atoms with Gasteiger partial charge in [-0.3, -0.25) is 14.4 Å². The summed E-state index contributed by atoms with van der Waals surface area (Å²) in [5.74, 6) is -4.88. The number of ether oxygens (including phenoxy) is 1. The van der Waals surface area contributed by atoms with E-state index in [1.807, 2.05) is 20.0 Å². The van der Waals surface area contributed by atoms with Crippen molar-refractivity contribution in [3.8, 4) is 11.1 Å². The molecule has 4 rings (SSSR count). The number of hydrogen-bond acceptors (Lipinski definition) is 6. The number of aryl methyl sites for hydroxylation is 2. The van der Waals surface area contributed by atoms with Crippen LogP contribution in [0, 0.1) is 31.3 Å². The van der Waals surface area contributed by atoms with Crippen LogP contribution in [0.2, 0.25) is 0 Å². The summed E-state index contributed by atoms with van der Waals surface area (Å²) in [6.45, 7) is 8.27. The number of benzene rings is 2. The highest BCUT2D eigenvalue weighted by Crippen LogP contribution is 2.33. The fourth-order valence-electron chi connectivity index (χ4n) is 5.73. The maximum Gasteiger partial charge on any atom is 0.308 e. The molecule has 2 heterocycles. The Morgan fingerprint density at radius 3 is 2.40 bits per heavy atom. The van der Waals surface area contributed by atoms with Crippen molar-refractivity contribution in [1.29, 1.82) is 0 Å². The van der Waals surface area contributed by atoms with Gasteiger partial charge in [-0.1, -0.05) is 19.4 Å². The van der Waals surface area contributed by atoms with E-state index in [1.54, 1.807) is 26.8 Å². The van der Waals surface area contributed by atoms with Crippen LogP contribution in [0.15, 0.2) is 36.4 Å². The van der Waals surface area contributed by atoms with Gasteiger partial charge in [0.25, 0.3) is 5.91 Å². The summed E-state index contributed by atoms with van der Waals surface area (Å²) in [7, 11) is 1.97. The van der Waals surface area contributed by atoms with E-state index in [2.05, 4.69) is 20.5 Å². The molecule has 2 amide bonds. The van der Waals surface area contributed by atoms with Crippen LogP contribution >= 0.6 is 0 Å². The molecule has 11 heteroatoms. The smallest absolute Gasteiger partial charge is 0.308 e. The van der Waals surface area contributed by atoms with Crippen molar-refractivity contribution in [2.45, 2.75) is 72.0 Å². The van der Waals surface area contributed by atoms with Gasteiger partial charge in [0.1, 0.15) is 17.6 Å². The highest BCUT2D eigenvalue weighted by atomic mass is 19.2. The average molecular weight is 625 g/mol. The monoisotopic (exact) mass is 624 g/mol. The van der Waals surface area contributed by atoms with E-state index in [4.69, 9.17) is 4.74 Å². The Bertz CT molecular complexity index is 1570. The maximum atomic E-state index is 15.4. The quantitative estimate of drug-likeness (QED) is 0.274. The summed E-state index contributed by atoms with van der Waals surface area (Å²) in [5, 5.41) is 5.38. The molecule has 3 aromatic rings. The fourth-order valence-corrected chi connectivity index (χ4v) is 5.73. The Hall–Kier alpha value is -4.25. The lowest BCUT2D eigenvalue weighted by atomic mass is 9.91. The molecule has 1 aliphatic rings. The molecule has 0 unspecified atom stereocenters. The number of aromatic nitrogens is 1. The Labute approximate surface area is 261 Å². The number of carbonyl (C=O) groups is 3. The molecule has 1 aliphatic heterocycles. The first-order valence-electron chi connectivity index (χ1n) is 15.1. The highest BCUT2D eigenvalue weighted by Gasteiger charge is 2.29. The number of pyridine rings is 1. The first kappa shape index (κ1) is 33.6. The average Bonchev–Trinajstić information content (AvgIpc) is 2.97. The summed E-state index contributed by atoms with van der Waals surface area (Å²) >= 11 is 0. The molecular formula is C34H39F3N4O4. The normalized spacial score (nSPS) is 14.3. The zero-order chi connectivity index (χ0) is 32.8. The minimum absolute atomic E-state index is 0.0441. The number of nitrogens with one attached hydrogen (secondary N) is 2. The molecule has 0 spiro atoms. The van der Waals surface area contributed by atoms with Crippen molar-refractivity contribution in [2.24, 2.45) is 0 Å². The van der Waals surface area contributed by atoms with Crippen LogP contribution in [0.4, 0.5) is 13.2 Å². The predicted molar refractivity (Wildman–Crippen MR) is 164 cm³/mol.